The second-order valence-electron chi connectivity index (χ2n) is 7.03. The fraction of sp³-hybridized carbons (Fsp3) is 0.333. The van der Waals surface area contributed by atoms with E-state index in [1.807, 2.05) is 27.1 Å². The highest BCUT2D eigenvalue weighted by molar-refractivity contribution is 6.03. The number of carbonyl (C=O) groups is 1. The summed E-state index contributed by atoms with van der Waals surface area (Å²) in [5.74, 6) is -0.429. The first-order valence-corrected chi connectivity index (χ1v) is 8.76. The van der Waals surface area contributed by atoms with E-state index < -0.39 is 0 Å². The summed E-state index contributed by atoms with van der Waals surface area (Å²) < 4.78 is 15.4. The van der Waals surface area contributed by atoms with Gasteiger partial charge in [0.25, 0.3) is 0 Å². The van der Waals surface area contributed by atoms with Crippen LogP contribution in [0.15, 0.2) is 36.7 Å². The molecule has 0 aliphatic rings. The average Bonchev–Trinajstić information content (AvgIpc) is 2.85. The van der Waals surface area contributed by atoms with E-state index >= 15 is 0 Å². The molecule has 27 heavy (non-hydrogen) atoms. The van der Waals surface area contributed by atoms with Crippen LogP contribution < -0.4 is 4.90 Å². The van der Waals surface area contributed by atoms with Crippen LogP contribution in [0, 0.1) is 25.6 Å². The summed E-state index contributed by atoms with van der Waals surface area (Å²) in [5, 5.41) is 1.04. The number of carbonyl (C=O) groups excluding carboxylic acids is 1. The maximum absolute atomic E-state index is 13.2. The van der Waals surface area contributed by atoms with Crippen molar-refractivity contribution >= 4 is 34.9 Å². The third-order valence-electron chi connectivity index (χ3n) is 4.99. The van der Waals surface area contributed by atoms with Gasteiger partial charge in [-0.3, -0.25) is 9.78 Å². The van der Waals surface area contributed by atoms with Crippen LogP contribution in [0.2, 0.25) is 0 Å². The van der Waals surface area contributed by atoms with Gasteiger partial charge in [0.15, 0.2) is 0 Å². The van der Waals surface area contributed by atoms with Gasteiger partial charge in [-0.05, 0) is 37.1 Å². The van der Waals surface area contributed by atoms with Crippen molar-refractivity contribution in [1.29, 1.82) is 0 Å². The molecule has 0 fully saturated rings. The molecule has 6 heteroatoms. The predicted octanol–water partition coefficient (Wildman–Crippen LogP) is 4.94. The number of fused-ring (bicyclic) bond motifs is 1. The van der Waals surface area contributed by atoms with Gasteiger partial charge in [-0.15, -0.1) is 12.4 Å². The normalized spacial score (nSPS) is 10.9. The van der Waals surface area contributed by atoms with Gasteiger partial charge >= 0.3 is 0 Å². The summed E-state index contributed by atoms with van der Waals surface area (Å²) in [4.78, 5) is 19.1. The molecule has 0 atom stereocenters. The van der Waals surface area contributed by atoms with Gasteiger partial charge in [0.05, 0.1) is 23.9 Å². The zero-order chi connectivity index (χ0) is 19.0. The van der Waals surface area contributed by atoms with Gasteiger partial charge in [0, 0.05) is 30.2 Å². The highest BCUT2D eigenvalue weighted by Gasteiger charge is 2.24. The number of benzene rings is 1. The lowest BCUT2D eigenvalue weighted by Crippen LogP contribution is -2.34. The van der Waals surface area contributed by atoms with Crippen molar-refractivity contribution in [1.82, 2.24) is 9.55 Å². The first-order valence-electron chi connectivity index (χ1n) is 8.76. The Bertz CT molecular complexity index is 964. The minimum atomic E-state index is -0.284. The van der Waals surface area contributed by atoms with Crippen molar-refractivity contribution in [2.24, 2.45) is 13.0 Å². The first-order chi connectivity index (χ1) is 12.3. The third kappa shape index (κ3) is 3.83. The molecule has 0 aliphatic carbocycles. The second-order valence-corrected chi connectivity index (χ2v) is 7.03. The summed E-state index contributed by atoms with van der Waals surface area (Å²) in [6.45, 7) is 8.27. The fourth-order valence-corrected chi connectivity index (χ4v) is 3.25. The molecule has 3 rings (SSSR count). The van der Waals surface area contributed by atoms with Crippen LogP contribution in [-0.2, 0) is 18.4 Å². The molecular weight excluding hydrogens is 365 g/mol. The van der Waals surface area contributed by atoms with E-state index in [0.717, 1.165) is 33.4 Å². The first kappa shape index (κ1) is 20.9. The Hall–Kier alpha value is -2.40. The maximum atomic E-state index is 13.2. The number of hydrogen-bond acceptors (Lipinski definition) is 2. The third-order valence-corrected chi connectivity index (χ3v) is 4.99. The summed E-state index contributed by atoms with van der Waals surface area (Å²) in [6, 6.07) is 6.27. The van der Waals surface area contributed by atoms with Gasteiger partial charge in [0.1, 0.15) is 5.82 Å². The predicted molar refractivity (Wildman–Crippen MR) is 110 cm³/mol. The van der Waals surface area contributed by atoms with Crippen molar-refractivity contribution in [2.45, 2.75) is 34.2 Å². The number of rotatable bonds is 4. The molecule has 3 aromatic rings. The standard InChI is InChI=1S/C21H24FN3O.ClH/c1-13(2)21(26)25(12-16-6-8-17(22)9-7-16)19-11-23-10-18-14(3)15(4)24(5)20(18)19;/h6-11,13H,12H2,1-5H3;1H. The van der Waals surface area contributed by atoms with Crippen molar-refractivity contribution in [3.63, 3.8) is 0 Å². The molecular formula is C21H25ClFN3O. The molecule has 0 saturated carbocycles. The zero-order valence-electron chi connectivity index (χ0n) is 16.3. The highest BCUT2D eigenvalue weighted by Crippen LogP contribution is 2.32. The molecule has 0 bridgehead atoms. The smallest absolute Gasteiger partial charge is 0.229 e. The van der Waals surface area contributed by atoms with Crippen LogP contribution >= 0.6 is 12.4 Å². The van der Waals surface area contributed by atoms with Gasteiger partial charge in [-0.1, -0.05) is 26.0 Å². The number of hydrogen-bond donors (Lipinski definition) is 0. The Balaban J connectivity index is 0.00000261. The number of amides is 1. The van der Waals surface area contributed by atoms with Crippen LogP contribution in [0.3, 0.4) is 0 Å². The molecule has 144 valence electrons. The van der Waals surface area contributed by atoms with E-state index in [-0.39, 0.29) is 30.0 Å². The van der Waals surface area contributed by atoms with Gasteiger partial charge < -0.3 is 9.47 Å². The van der Waals surface area contributed by atoms with Gasteiger partial charge in [0.2, 0.25) is 5.91 Å². The van der Waals surface area contributed by atoms with Crippen molar-refractivity contribution < 1.29 is 9.18 Å². The molecule has 1 amide bonds. The minimum absolute atomic E-state index is 0. The molecule has 0 unspecified atom stereocenters. The molecule has 2 aromatic heterocycles. The van der Waals surface area contributed by atoms with E-state index in [0.29, 0.717) is 6.54 Å². The van der Waals surface area contributed by atoms with Crippen LogP contribution in [0.4, 0.5) is 10.1 Å². The van der Waals surface area contributed by atoms with Crippen LogP contribution in [-0.4, -0.2) is 15.5 Å². The Morgan fingerprint density at radius 2 is 1.81 bits per heavy atom. The molecule has 0 saturated heterocycles. The lowest BCUT2D eigenvalue weighted by atomic mass is 10.1. The van der Waals surface area contributed by atoms with Gasteiger partial charge in [-0.25, -0.2) is 4.39 Å². The number of nitrogens with zero attached hydrogens (tertiary/aromatic N) is 3. The molecule has 4 nitrogen and oxygen atoms in total. The molecule has 0 N–H and O–H groups in total. The highest BCUT2D eigenvalue weighted by atomic mass is 35.5. The molecule has 2 heterocycles. The summed E-state index contributed by atoms with van der Waals surface area (Å²) >= 11 is 0. The van der Waals surface area contributed by atoms with Crippen LogP contribution in [0.25, 0.3) is 10.9 Å². The summed E-state index contributed by atoms with van der Waals surface area (Å²) in [7, 11) is 2.00. The van der Waals surface area contributed by atoms with Crippen LogP contribution in [0.5, 0.6) is 0 Å². The monoisotopic (exact) mass is 389 g/mol. The number of halogens is 2. The SMILES string of the molecule is Cc1c(C)n(C)c2c(N(Cc3ccc(F)cc3)C(=O)C(C)C)cncc12.Cl. The van der Waals surface area contributed by atoms with E-state index in [4.69, 9.17) is 0 Å². The fourth-order valence-electron chi connectivity index (χ4n) is 3.25. The quantitative estimate of drug-likeness (QED) is 0.633. The van der Waals surface area contributed by atoms with Crippen molar-refractivity contribution in [3.05, 3.63) is 59.3 Å². The largest absolute Gasteiger partial charge is 0.346 e. The Kier molecular flexibility index (Phi) is 6.26. The Morgan fingerprint density at radius 1 is 1.19 bits per heavy atom. The maximum Gasteiger partial charge on any atom is 0.229 e. The lowest BCUT2D eigenvalue weighted by molar-refractivity contribution is -0.121. The summed E-state index contributed by atoms with van der Waals surface area (Å²) in [6.07, 6.45) is 3.59. The van der Waals surface area contributed by atoms with Crippen molar-refractivity contribution in [2.75, 3.05) is 4.90 Å². The topological polar surface area (TPSA) is 38.1 Å². The molecule has 0 radical (unpaired) electrons. The van der Waals surface area contributed by atoms with Gasteiger partial charge in [-0.2, -0.15) is 0 Å². The average molecular weight is 390 g/mol. The molecule has 0 spiro atoms. The minimum Gasteiger partial charge on any atom is -0.346 e. The Morgan fingerprint density at radius 3 is 2.41 bits per heavy atom. The number of aryl methyl sites for hydroxylation is 2. The lowest BCUT2D eigenvalue weighted by Gasteiger charge is -2.26. The van der Waals surface area contributed by atoms with E-state index in [2.05, 4.69) is 23.4 Å². The van der Waals surface area contributed by atoms with E-state index in [1.165, 1.54) is 12.1 Å². The number of pyridine rings is 1. The van der Waals surface area contributed by atoms with Crippen LogP contribution in [0.1, 0.15) is 30.7 Å². The number of aromatic nitrogens is 2. The van der Waals surface area contributed by atoms with E-state index in [9.17, 15) is 9.18 Å². The number of anilines is 1. The van der Waals surface area contributed by atoms with Crippen molar-refractivity contribution in [3.8, 4) is 0 Å². The summed E-state index contributed by atoms with van der Waals surface area (Å²) in [5.41, 5.74) is 4.96. The molecule has 0 aliphatic heterocycles. The zero-order valence-corrected chi connectivity index (χ0v) is 17.1. The second kappa shape index (κ2) is 8.09. The van der Waals surface area contributed by atoms with E-state index in [1.54, 1.807) is 23.2 Å². The molecule has 1 aromatic carbocycles. The Labute approximate surface area is 165 Å².